The number of pyridine rings is 1. The minimum Gasteiger partial charge on any atom is -0.384 e. The zero-order valence-electron chi connectivity index (χ0n) is 18.3. The molecule has 32 heavy (non-hydrogen) atoms. The van der Waals surface area contributed by atoms with Gasteiger partial charge in [-0.1, -0.05) is 36.4 Å². The molecule has 2 heterocycles. The van der Waals surface area contributed by atoms with E-state index in [0.29, 0.717) is 17.9 Å². The lowest BCUT2D eigenvalue weighted by Gasteiger charge is -2.34. The van der Waals surface area contributed by atoms with Crippen LogP contribution in [-0.2, 0) is 6.42 Å². The largest absolute Gasteiger partial charge is 0.384 e. The van der Waals surface area contributed by atoms with E-state index in [1.807, 2.05) is 42.5 Å². The Morgan fingerprint density at radius 1 is 1.00 bits per heavy atom. The molecule has 0 atom stereocenters. The number of H-pyrrole nitrogens is 1. The van der Waals surface area contributed by atoms with Gasteiger partial charge in [0.05, 0.1) is 5.69 Å². The van der Waals surface area contributed by atoms with Crippen molar-refractivity contribution in [1.29, 1.82) is 0 Å². The summed E-state index contributed by atoms with van der Waals surface area (Å²) in [5.74, 6) is -0.426. The molecule has 0 spiro atoms. The fourth-order valence-electron chi connectivity index (χ4n) is 3.88. The molecule has 7 nitrogen and oxygen atoms in total. The third-order valence-corrected chi connectivity index (χ3v) is 5.73. The van der Waals surface area contributed by atoms with Crippen molar-refractivity contribution in [3.63, 3.8) is 0 Å². The van der Waals surface area contributed by atoms with Crippen molar-refractivity contribution in [2.24, 2.45) is 0 Å². The van der Waals surface area contributed by atoms with E-state index in [9.17, 15) is 9.59 Å². The molecular weight excluding hydrogens is 402 g/mol. The van der Waals surface area contributed by atoms with Gasteiger partial charge in [0.1, 0.15) is 5.56 Å². The van der Waals surface area contributed by atoms with E-state index in [0.717, 1.165) is 38.3 Å². The maximum Gasteiger partial charge on any atom is 0.263 e. The highest BCUT2D eigenvalue weighted by Crippen LogP contribution is 2.22. The van der Waals surface area contributed by atoms with Crippen molar-refractivity contribution in [3.8, 4) is 0 Å². The quantitative estimate of drug-likeness (QED) is 0.536. The number of hydrogen-bond donors (Lipinski definition) is 3. The molecule has 7 heteroatoms. The molecule has 0 unspecified atom stereocenters. The summed E-state index contributed by atoms with van der Waals surface area (Å²) in [5.41, 5.74) is 3.13. The van der Waals surface area contributed by atoms with Crippen LogP contribution in [0, 0.1) is 0 Å². The summed E-state index contributed by atoms with van der Waals surface area (Å²) < 4.78 is 0. The molecule has 0 bridgehead atoms. The Balaban J connectivity index is 1.45. The molecule has 3 aromatic rings. The number of likely N-dealkylation sites (N-methyl/N-ethyl adjacent to an activating group) is 1. The summed E-state index contributed by atoms with van der Waals surface area (Å²) in [7, 11) is 2.12. The topological polar surface area (TPSA) is 80.5 Å². The van der Waals surface area contributed by atoms with Gasteiger partial charge >= 0.3 is 0 Å². The molecule has 1 aromatic heterocycles. The first-order valence-electron chi connectivity index (χ1n) is 10.9. The van der Waals surface area contributed by atoms with Gasteiger partial charge in [0, 0.05) is 50.3 Å². The highest BCUT2D eigenvalue weighted by Gasteiger charge is 2.18. The summed E-state index contributed by atoms with van der Waals surface area (Å²) in [6.07, 6.45) is 2.35. The molecule has 166 valence electrons. The Labute approximate surface area is 188 Å². The predicted octanol–water partition coefficient (Wildman–Crippen LogP) is 3.03. The Bertz CT molecular complexity index is 1100. The third kappa shape index (κ3) is 5.36. The highest BCUT2D eigenvalue weighted by atomic mass is 16.2. The Kier molecular flexibility index (Phi) is 6.87. The van der Waals surface area contributed by atoms with Gasteiger partial charge < -0.3 is 25.4 Å². The van der Waals surface area contributed by atoms with Crippen LogP contribution in [0.5, 0.6) is 0 Å². The molecule has 2 aromatic carbocycles. The van der Waals surface area contributed by atoms with E-state index < -0.39 is 11.5 Å². The Morgan fingerprint density at radius 3 is 2.56 bits per heavy atom. The summed E-state index contributed by atoms with van der Waals surface area (Å²) in [6.45, 7) is 4.53. The maximum absolute atomic E-state index is 13.0. The van der Waals surface area contributed by atoms with Crippen LogP contribution < -0.4 is 21.1 Å². The zero-order valence-corrected chi connectivity index (χ0v) is 18.3. The van der Waals surface area contributed by atoms with Crippen LogP contribution in [0.4, 0.5) is 17.1 Å². The number of carbonyl (C=O) groups excluding carboxylic acids is 1. The van der Waals surface area contributed by atoms with E-state index >= 15 is 0 Å². The van der Waals surface area contributed by atoms with E-state index in [1.54, 1.807) is 12.3 Å². The molecule has 1 aliphatic heterocycles. The second kappa shape index (κ2) is 10.2. The smallest absolute Gasteiger partial charge is 0.263 e. The van der Waals surface area contributed by atoms with Gasteiger partial charge in [0.15, 0.2) is 0 Å². The molecule has 3 N–H and O–H groups in total. The minimum absolute atomic E-state index is 0.0885. The number of rotatable bonds is 7. The number of anilines is 3. The first-order valence-corrected chi connectivity index (χ1v) is 10.9. The van der Waals surface area contributed by atoms with Crippen LogP contribution in [0.3, 0.4) is 0 Å². The van der Waals surface area contributed by atoms with Gasteiger partial charge in [-0.05, 0) is 43.3 Å². The minimum atomic E-state index is -0.426. The molecule has 0 radical (unpaired) electrons. The summed E-state index contributed by atoms with van der Waals surface area (Å²) in [4.78, 5) is 32.7. The number of benzene rings is 2. The number of piperazine rings is 1. The van der Waals surface area contributed by atoms with E-state index in [4.69, 9.17) is 0 Å². The monoisotopic (exact) mass is 431 g/mol. The zero-order chi connectivity index (χ0) is 22.3. The second-order valence-electron chi connectivity index (χ2n) is 8.05. The Morgan fingerprint density at radius 2 is 1.78 bits per heavy atom. The normalized spacial score (nSPS) is 14.2. The molecule has 1 aliphatic rings. The molecule has 0 saturated carbocycles. The van der Waals surface area contributed by atoms with E-state index in [-0.39, 0.29) is 5.56 Å². The van der Waals surface area contributed by atoms with Gasteiger partial charge in [0.2, 0.25) is 0 Å². The van der Waals surface area contributed by atoms with Gasteiger partial charge in [-0.3, -0.25) is 9.59 Å². The fraction of sp³-hybridized carbons (Fsp3) is 0.280. The number of nitrogens with zero attached hydrogens (tertiary/aromatic N) is 2. The fourth-order valence-corrected chi connectivity index (χ4v) is 3.88. The molecular formula is C25H29N5O2. The standard InChI is InChI=1S/C25H29N5O2/c1-29-14-16-30(17-15-29)21-9-5-8-20(18-21)28-25(32)23-22(11-13-27-24(23)31)26-12-10-19-6-3-2-4-7-19/h2-9,11,13,18H,10,12,14-17H2,1H3,(H,28,32)(H2,26,27,31). The van der Waals surface area contributed by atoms with E-state index in [2.05, 4.69) is 44.6 Å². The lowest BCUT2D eigenvalue weighted by atomic mass is 10.1. The number of carbonyl (C=O) groups is 1. The van der Waals surface area contributed by atoms with Gasteiger partial charge in [-0.25, -0.2) is 0 Å². The van der Waals surface area contributed by atoms with Crippen LogP contribution >= 0.6 is 0 Å². The maximum atomic E-state index is 13.0. The summed E-state index contributed by atoms with van der Waals surface area (Å²) in [5, 5.41) is 6.14. The average Bonchev–Trinajstić information content (AvgIpc) is 2.80. The molecule has 4 rings (SSSR count). The van der Waals surface area contributed by atoms with Crippen molar-refractivity contribution < 1.29 is 4.79 Å². The van der Waals surface area contributed by atoms with Crippen LogP contribution in [-0.4, -0.2) is 55.6 Å². The molecule has 1 amide bonds. The van der Waals surface area contributed by atoms with Gasteiger partial charge in [0.25, 0.3) is 11.5 Å². The second-order valence-corrected chi connectivity index (χ2v) is 8.05. The molecule has 0 aliphatic carbocycles. The lowest BCUT2D eigenvalue weighted by Crippen LogP contribution is -2.44. The van der Waals surface area contributed by atoms with Crippen molar-refractivity contribution in [1.82, 2.24) is 9.88 Å². The highest BCUT2D eigenvalue weighted by molar-refractivity contribution is 6.07. The van der Waals surface area contributed by atoms with Crippen LogP contribution in [0.15, 0.2) is 71.7 Å². The van der Waals surface area contributed by atoms with Crippen molar-refractivity contribution in [2.45, 2.75) is 6.42 Å². The number of amides is 1. The van der Waals surface area contributed by atoms with E-state index in [1.165, 1.54) is 5.56 Å². The SMILES string of the molecule is CN1CCN(c2cccc(NC(=O)c3c(NCCc4ccccc4)cc[nH]c3=O)c2)CC1. The Hall–Kier alpha value is -3.58. The lowest BCUT2D eigenvalue weighted by molar-refractivity contribution is 0.102. The van der Waals surface area contributed by atoms with Crippen molar-refractivity contribution in [2.75, 3.05) is 55.3 Å². The van der Waals surface area contributed by atoms with Gasteiger partial charge in [-0.15, -0.1) is 0 Å². The number of aromatic nitrogens is 1. The predicted molar refractivity (Wildman–Crippen MR) is 130 cm³/mol. The number of nitrogens with one attached hydrogen (secondary N) is 3. The molecule has 1 fully saturated rings. The number of hydrogen-bond acceptors (Lipinski definition) is 5. The van der Waals surface area contributed by atoms with Crippen LogP contribution in [0.25, 0.3) is 0 Å². The third-order valence-electron chi connectivity index (χ3n) is 5.73. The first kappa shape index (κ1) is 21.6. The number of aromatic amines is 1. The van der Waals surface area contributed by atoms with Crippen LogP contribution in [0.1, 0.15) is 15.9 Å². The van der Waals surface area contributed by atoms with Crippen molar-refractivity contribution >= 4 is 23.0 Å². The average molecular weight is 432 g/mol. The van der Waals surface area contributed by atoms with Crippen molar-refractivity contribution in [3.05, 3.63) is 88.3 Å². The summed E-state index contributed by atoms with van der Waals surface area (Å²) >= 11 is 0. The van der Waals surface area contributed by atoms with Crippen LogP contribution in [0.2, 0.25) is 0 Å². The first-order chi connectivity index (χ1) is 15.6. The van der Waals surface area contributed by atoms with Gasteiger partial charge in [-0.2, -0.15) is 0 Å². The summed E-state index contributed by atoms with van der Waals surface area (Å²) in [6, 6.07) is 19.6. The molecule has 1 saturated heterocycles.